The number of hydrogen-bond acceptors (Lipinski definition) is 27. The number of rotatable bonds is 49. The van der Waals surface area contributed by atoms with Crippen LogP contribution in [0.15, 0.2) is 143 Å². The molecule has 4 aliphatic rings. The van der Waals surface area contributed by atoms with Gasteiger partial charge in [-0.25, -0.2) is 46.1 Å². The van der Waals surface area contributed by atoms with Crippen LogP contribution in [0.1, 0.15) is 261 Å². The van der Waals surface area contributed by atoms with E-state index in [-0.39, 0.29) is 118 Å². The average Bonchev–Trinajstić information content (AvgIpc) is 1.57. The molecule has 3 aliphatic heterocycles. The number of unbranched alkanes of at least 4 members (excludes halogenated alkanes) is 7. The van der Waals surface area contributed by atoms with Crippen LogP contribution in [0.4, 0.5) is 17.2 Å². The first-order valence-electron chi connectivity index (χ1n) is 47.7. The van der Waals surface area contributed by atoms with E-state index in [9.17, 15) is 68.0 Å². The second kappa shape index (κ2) is 51.3. The molecule has 760 valence electrons. The van der Waals surface area contributed by atoms with E-state index in [0.29, 0.717) is 87.3 Å². The Labute approximate surface area is 826 Å². The van der Waals surface area contributed by atoms with Gasteiger partial charge in [-0.1, -0.05) is 108 Å². The molecule has 4 aromatic heterocycles. The Balaban J connectivity index is 0.00000283. The fraction of sp³-hybridized carbons (Fsp3) is 0.490. The monoisotopic (exact) mass is 2040 g/mol. The van der Waals surface area contributed by atoms with Crippen molar-refractivity contribution in [2.45, 2.75) is 273 Å². The van der Waals surface area contributed by atoms with E-state index in [2.05, 4.69) is 65.6 Å². The Kier molecular flexibility index (Phi) is 40.5. The van der Waals surface area contributed by atoms with E-state index < -0.39 is 97.1 Å². The number of nitrogens with one attached hydrogen (secondary N) is 5. The summed E-state index contributed by atoms with van der Waals surface area (Å²) in [5, 5.41) is 27.3. The van der Waals surface area contributed by atoms with E-state index in [1.54, 1.807) is 78.0 Å². The highest BCUT2D eigenvalue weighted by Gasteiger charge is 2.47. The summed E-state index contributed by atoms with van der Waals surface area (Å²) in [6, 6.07) is 19.5. The number of anilines is 2. The van der Waals surface area contributed by atoms with Crippen LogP contribution in [0.3, 0.4) is 0 Å². The Morgan fingerprint density at radius 3 is 1.96 bits per heavy atom. The quantitative estimate of drug-likeness (QED) is 0.00760. The van der Waals surface area contributed by atoms with Crippen LogP contribution >= 0.6 is 0 Å². The first-order valence-corrected chi connectivity index (χ1v) is 54.8. The predicted octanol–water partition coefficient (Wildman–Crippen LogP) is 12.5. The lowest BCUT2D eigenvalue weighted by molar-refractivity contribution is -0.437. The van der Waals surface area contributed by atoms with Gasteiger partial charge in [0.25, 0.3) is 20.2 Å². The molecule has 0 fully saturated rings. The maximum atomic E-state index is 15.0. The first kappa shape index (κ1) is 111. The smallest absolute Gasteiger partial charge is 0.425 e. The highest BCUT2D eigenvalue weighted by Crippen LogP contribution is 2.52. The van der Waals surface area contributed by atoms with Gasteiger partial charge in [0, 0.05) is 160 Å². The molecule has 36 nitrogen and oxygen atoms in total. The normalized spacial score (nSPS) is 15.3. The van der Waals surface area contributed by atoms with Gasteiger partial charge < -0.3 is 41.1 Å². The molecule has 4 aromatic carbocycles. The summed E-state index contributed by atoms with van der Waals surface area (Å²) in [5.41, 5.74) is 11.1. The topological polar surface area (TPSA) is 538 Å². The minimum absolute atomic E-state index is 0.00867. The molecular formula is C100H128N14O22S5. The molecule has 0 bridgehead atoms. The van der Waals surface area contributed by atoms with Crippen molar-refractivity contribution >= 4 is 131 Å². The number of allylic oxidation sites excluding steroid dienone is 6. The summed E-state index contributed by atoms with van der Waals surface area (Å²) in [4.78, 5) is 113. The lowest BCUT2D eigenvalue weighted by Crippen LogP contribution is -2.46. The number of fused-ring (bicyclic) bond motifs is 8. The van der Waals surface area contributed by atoms with Crippen molar-refractivity contribution in [3.63, 3.8) is 0 Å². The molecule has 0 spiro atoms. The third kappa shape index (κ3) is 31.9. The summed E-state index contributed by atoms with van der Waals surface area (Å²) >= 11 is 0. The van der Waals surface area contributed by atoms with Gasteiger partial charge in [-0.3, -0.25) is 38.1 Å². The van der Waals surface area contributed by atoms with Gasteiger partial charge in [-0.2, -0.15) is 31.0 Å². The number of benzene rings is 4. The fourth-order valence-corrected chi connectivity index (χ4v) is 21.7. The zero-order chi connectivity index (χ0) is 103. The Morgan fingerprint density at radius 1 is 0.652 bits per heavy atom. The zero-order valence-electron chi connectivity index (χ0n) is 81.0. The summed E-state index contributed by atoms with van der Waals surface area (Å²) in [5.74, 6) is -1.48. The molecule has 4 amide bonds. The molecule has 0 radical (unpaired) electrons. The van der Waals surface area contributed by atoms with Crippen LogP contribution < -0.4 is 31.5 Å². The molecule has 8 N–H and O–H groups in total. The predicted molar refractivity (Wildman–Crippen MR) is 531 cm³/mol. The van der Waals surface area contributed by atoms with Crippen molar-refractivity contribution in [1.29, 1.82) is 0 Å². The lowest BCUT2D eigenvalue weighted by atomic mass is 9.79. The number of hydrogen-bond donors (Lipinski definition) is 8. The molecule has 8 aromatic rings. The van der Waals surface area contributed by atoms with Crippen molar-refractivity contribution in [2.24, 2.45) is 0 Å². The number of carbonyl (C=O) groups is 5. The molecule has 3 atom stereocenters. The largest absolute Gasteiger partial charge is 0.748 e. The van der Waals surface area contributed by atoms with Crippen LogP contribution in [0, 0.1) is 13.8 Å². The first-order chi connectivity index (χ1) is 66.9. The number of carboxylic acid groups (broad SMARTS) is 1. The standard InChI is InChI=1S/C99H128N14O17S4.CO2.O3S/c1-66-60-105-95(106-61-66)72(58-92(117)118)30-15-10-12-16-33-81-73(56-70-29-20-21-35-80(70)108-81)62-104-90(115)48-47-89(114)100-49-23-22-36-83(97(119)107-63-74-57-71-31-25-50-101-96(71)110-82(74)34-17-11-9-14-28-67(2)75-64-102-68(3)103-65-75)109-91(116)40-26-51-111(8)133(126,127)86-37-24-32-78-77(86)44-46-85-93(78)98(4,5)87(112(85)52-27-54-131(120,121)122)38-18-13-19-39-88-99(6,7)94-79-59-76(134(128,129)130)43-41-69(79)42-45-84(94)113(88)53-55-132(123,124)125;2-1-3;1-4(2)3/h13,18-19,24,32,37-39,41-46,56-57,59-61,64-65,67,72,83H,9-12,14-17,20-23,25-31,33-36,40,47-55,58,62-63H2,1-8H3,(H8-,100,101,104,107,109,110,114,115,116,117,118,119,120,121,122,123,124,125,128,129,130);;/t67-,72+,83+;;/m1../s1. The molecule has 41 heteroatoms. The van der Waals surface area contributed by atoms with Crippen molar-refractivity contribution in [3.05, 3.63) is 207 Å². The van der Waals surface area contributed by atoms with Gasteiger partial charge in [0.15, 0.2) is 5.71 Å². The molecular weight excluding hydrogens is 1910 g/mol. The van der Waals surface area contributed by atoms with E-state index in [0.717, 1.165) is 171 Å². The van der Waals surface area contributed by atoms with Gasteiger partial charge in [-0.05, 0) is 234 Å². The van der Waals surface area contributed by atoms with Gasteiger partial charge in [-0.15, -0.1) is 12.6 Å². The van der Waals surface area contributed by atoms with Crippen LogP contribution in [-0.4, -0.2) is 203 Å². The van der Waals surface area contributed by atoms with Crippen LogP contribution in [-0.2, 0) is 141 Å². The third-order valence-electron chi connectivity index (χ3n) is 26.1. The van der Waals surface area contributed by atoms with E-state index >= 15 is 8.42 Å². The summed E-state index contributed by atoms with van der Waals surface area (Å²) in [7, 11) is -19.7. The number of aryl methyl sites for hydroxylation is 7. The van der Waals surface area contributed by atoms with Crippen molar-refractivity contribution in [2.75, 3.05) is 61.5 Å². The van der Waals surface area contributed by atoms with Crippen LogP contribution in [0.2, 0.25) is 0 Å². The van der Waals surface area contributed by atoms with Crippen LogP contribution in [0.25, 0.3) is 21.5 Å². The molecule has 0 saturated carbocycles. The SMILES string of the molecule is Cc1cnc([C@@H](CCCCCCc2nc3c(cc2CNC(=O)CCC(=O)NCCCC[C@H](NC(=O)CCCN(C)S(=O)(=O)c2cccc4c5c(ccc24)[N+](CCCS(=O)(=O)O)=C(C=CC=CC=C2N(CCS(=O)(=O)[O-])c4ccc6ccc(S(=O)(=O)O)cc6c4C2(C)C)C5(C)C)C(=O)NCc2cc4c(nc2CCCCCC[C@@H](C)c2cnc(C)nc2)NCCC4)CCCC3)CC(=O)O)nc1.O=C=O.O=S(=O)=O. The van der Waals surface area contributed by atoms with Crippen molar-refractivity contribution in [1.82, 2.24) is 55.5 Å². The maximum absolute atomic E-state index is 15.0. The fourth-order valence-electron chi connectivity index (χ4n) is 18.9. The number of aliphatic carboxylic acids is 1. The molecule has 7 heterocycles. The van der Waals surface area contributed by atoms with Crippen molar-refractivity contribution in [3.8, 4) is 0 Å². The van der Waals surface area contributed by atoms with E-state index in [4.69, 9.17) is 32.2 Å². The Morgan fingerprint density at radius 2 is 1.28 bits per heavy atom. The summed E-state index contributed by atoms with van der Waals surface area (Å²) < 4.78 is 164. The minimum Gasteiger partial charge on any atom is -0.748 e. The third-order valence-corrected chi connectivity index (χ3v) is 30.4. The Bertz CT molecular complexity index is 6630. The number of pyridine rings is 2. The number of sulfonamides is 1. The molecule has 1 aliphatic carbocycles. The molecule has 12 rings (SSSR count). The minimum atomic E-state index is -4.70. The lowest BCUT2D eigenvalue weighted by Gasteiger charge is -2.27. The second-order valence-electron chi connectivity index (χ2n) is 37.3. The summed E-state index contributed by atoms with van der Waals surface area (Å²) in [6.45, 7) is 14.9. The number of carboxylic acids is 1. The number of aromatic nitrogens is 6. The van der Waals surface area contributed by atoms with E-state index in [1.165, 1.54) is 35.1 Å². The number of carbonyl (C=O) groups excluding carboxylic acids is 6. The van der Waals surface area contributed by atoms with Crippen molar-refractivity contribution < 1.29 is 103 Å². The molecule has 141 heavy (non-hydrogen) atoms. The van der Waals surface area contributed by atoms with Gasteiger partial charge in [0.1, 0.15) is 30.1 Å². The maximum Gasteiger partial charge on any atom is 0.425 e. The van der Waals surface area contributed by atoms with Gasteiger partial charge in [0.05, 0.1) is 43.3 Å². The van der Waals surface area contributed by atoms with Crippen LogP contribution in [0.5, 0.6) is 0 Å². The summed E-state index contributed by atoms with van der Waals surface area (Å²) in [6.07, 6.45) is 33.4. The number of nitrogens with zero attached hydrogens (tertiary/aromatic N) is 9. The second-order valence-corrected chi connectivity index (χ2v) is 44.2. The molecule has 0 saturated heterocycles. The Hall–Kier alpha value is -11.7. The zero-order valence-corrected chi connectivity index (χ0v) is 85.1. The van der Waals surface area contributed by atoms with Gasteiger partial charge in [0.2, 0.25) is 39.3 Å². The highest BCUT2D eigenvalue weighted by molar-refractivity contribution is 7.89. The van der Waals surface area contributed by atoms with E-state index in [1.807, 2.05) is 70.7 Å². The highest BCUT2D eigenvalue weighted by atomic mass is 32.2. The van der Waals surface area contributed by atoms with Gasteiger partial charge >= 0.3 is 22.7 Å². The average molecular weight is 2040 g/mol. The molecule has 0 unspecified atom stereocenters. The number of amides is 4.